The van der Waals surface area contributed by atoms with Crippen LogP contribution in [0.2, 0.25) is 0 Å². The van der Waals surface area contributed by atoms with Gasteiger partial charge < -0.3 is 10.1 Å². The van der Waals surface area contributed by atoms with E-state index in [4.69, 9.17) is 4.74 Å². The Morgan fingerprint density at radius 1 is 1.21 bits per heavy atom. The third-order valence-electron chi connectivity index (χ3n) is 3.33. The number of amides is 1. The molecule has 24 heavy (non-hydrogen) atoms. The second-order valence-corrected chi connectivity index (χ2v) is 4.98. The van der Waals surface area contributed by atoms with Gasteiger partial charge in [0.15, 0.2) is 0 Å². The zero-order valence-electron chi connectivity index (χ0n) is 13.2. The Hall–Kier alpha value is -3.22. The van der Waals surface area contributed by atoms with Crippen LogP contribution in [0, 0.1) is 17.0 Å². The maximum absolute atomic E-state index is 12.3. The zero-order chi connectivity index (χ0) is 17.7. The summed E-state index contributed by atoms with van der Waals surface area (Å²) < 4.78 is 4.95. The Labute approximate surface area is 138 Å². The van der Waals surface area contributed by atoms with Gasteiger partial charge in [0.05, 0.1) is 22.8 Å². The molecule has 0 aliphatic carbocycles. The van der Waals surface area contributed by atoms with Gasteiger partial charge in [-0.05, 0) is 38.1 Å². The first kappa shape index (κ1) is 17.1. The standard InChI is InChI=1S/C17H16N2O5/c1-3-24-17(21)13-6-4-5-7-14(13)18-16(20)12-8-9-15(19(22)23)11(2)10-12/h4-10H,3H2,1-2H3,(H,18,20). The highest BCUT2D eigenvalue weighted by Crippen LogP contribution is 2.21. The number of carbonyl (C=O) groups excluding carboxylic acids is 2. The van der Waals surface area contributed by atoms with Crippen LogP contribution in [0.3, 0.4) is 0 Å². The van der Waals surface area contributed by atoms with Crippen molar-refractivity contribution in [1.82, 2.24) is 0 Å². The Bertz CT molecular complexity index is 801. The molecule has 7 nitrogen and oxygen atoms in total. The molecule has 0 aliphatic rings. The number of esters is 1. The van der Waals surface area contributed by atoms with Crippen molar-refractivity contribution in [1.29, 1.82) is 0 Å². The van der Waals surface area contributed by atoms with Crippen molar-refractivity contribution in [2.45, 2.75) is 13.8 Å². The molecule has 2 aromatic carbocycles. The Morgan fingerprint density at radius 2 is 1.92 bits per heavy atom. The lowest BCUT2D eigenvalue weighted by Gasteiger charge is -2.10. The molecule has 0 radical (unpaired) electrons. The summed E-state index contributed by atoms with van der Waals surface area (Å²) in [7, 11) is 0. The minimum atomic E-state index is -0.534. The summed E-state index contributed by atoms with van der Waals surface area (Å²) in [6, 6.07) is 10.6. The van der Waals surface area contributed by atoms with Crippen LogP contribution >= 0.6 is 0 Å². The van der Waals surface area contributed by atoms with Gasteiger partial charge in [0.25, 0.3) is 11.6 Å². The van der Waals surface area contributed by atoms with E-state index in [0.717, 1.165) is 0 Å². The average Bonchev–Trinajstić information content (AvgIpc) is 2.55. The normalized spacial score (nSPS) is 10.1. The summed E-state index contributed by atoms with van der Waals surface area (Å²) in [4.78, 5) is 34.6. The van der Waals surface area contributed by atoms with E-state index < -0.39 is 16.8 Å². The highest BCUT2D eigenvalue weighted by atomic mass is 16.6. The number of carbonyl (C=O) groups is 2. The van der Waals surface area contributed by atoms with Crippen molar-refractivity contribution >= 4 is 23.3 Å². The van der Waals surface area contributed by atoms with Crippen LogP contribution in [0.4, 0.5) is 11.4 Å². The highest BCUT2D eigenvalue weighted by Gasteiger charge is 2.17. The number of nitro benzene ring substituents is 1. The van der Waals surface area contributed by atoms with Crippen molar-refractivity contribution in [3.05, 3.63) is 69.3 Å². The number of ether oxygens (including phenoxy) is 1. The topological polar surface area (TPSA) is 98.5 Å². The first-order valence-corrected chi connectivity index (χ1v) is 7.26. The minimum Gasteiger partial charge on any atom is -0.462 e. The number of nitrogens with zero attached hydrogens (tertiary/aromatic N) is 1. The molecule has 1 amide bonds. The van der Waals surface area contributed by atoms with E-state index in [2.05, 4.69) is 5.32 Å². The Kier molecular flexibility index (Phi) is 5.26. The summed E-state index contributed by atoms with van der Waals surface area (Å²) in [5.74, 6) is -1.00. The van der Waals surface area contributed by atoms with E-state index in [1.54, 1.807) is 38.1 Å². The number of nitrogens with one attached hydrogen (secondary N) is 1. The van der Waals surface area contributed by atoms with Crippen LogP contribution in [0.25, 0.3) is 0 Å². The smallest absolute Gasteiger partial charge is 0.340 e. The monoisotopic (exact) mass is 328 g/mol. The molecule has 1 N–H and O–H groups in total. The summed E-state index contributed by atoms with van der Waals surface area (Å²) >= 11 is 0. The van der Waals surface area contributed by atoms with E-state index in [-0.39, 0.29) is 23.4 Å². The molecular weight excluding hydrogens is 312 g/mol. The Balaban J connectivity index is 2.26. The van der Waals surface area contributed by atoms with E-state index in [1.807, 2.05) is 0 Å². The first-order valence-electron chi connectivity index (χ1n) is 7.26. The van der Waals surface area contributed by atoms with Gasteiger partial charge in [0.1, 0.15) is 0 Å². The van der Waals surface area contributed by atoms with Crippen molar-refractivity contribution in [3.63, 3.8) is 0 Å². The van der Waals surface area contributed by atoms with Crippen LogP contribution in [0.15, 0.2) is 42.5 Å². The van der Waals surface area contributed by atoms with Crippen molar-refractivity contribution in [3.8, 4) is 0 Å². The van der Waals surface area contributed by atoms with Crippen LogP contribution in [-0.4, -0.2) is 23.4 Å². The lowest BCUT2D eigenvalue weighted by Crippen LogP contribution is -2.16. The summed E-state index contributed by atoms with van der Waals surface area (Å²) in [5, 5.41) is 13.5. The number of hydrogen-bond acceptors (Lipinski definition) is 5. The molecule has 0 spiro atoms. The predicted molar refractivity (Wildman–Crippen MR) is 88.2 cm³/mol. The lowest BCUT2D eigenvalue weighted by atomic mass is 10.1. The maximum Gasteiger partial charge on any atom is 0.340 e. The van der Waals surface area contributed by atoms with Crippen LogP contribution in [-0.2, 0) is 4.74 Å². The van der Waals surface area contributed by atoms with Crippen LogP contribution in [0.1, 0.15) is 33.2 Å². The average molecular weight is 328 g/mol. The molecule has 2 rings (SSSR count). The van der Waals surface area contributed by atoms with E-state index in [9.17, 15) is 19.7 Å². The third-order valence-corrected chi connectivity index (χ3v) is 3.33. The Morgan fingerprint density at radius 3 is 2.54 bits per heavy atom. The molecule has 0 bridgehead atoms. The molecular formula is C17H16N2O5. The second kappa shape index (κ2) is 7.36. The number of hydrogen-bond donors (Lipinski definition) is 1. The number of anilines is 1. The van der Waals surface area contributed by atoms with E-state index in [0.29, 0.717) is 11.3 Å². The maximum atomic E-state index is 12.3. The fourth-order valence-corrected chi connectivity index (χ4v) is 2.17. The summed E-state index contributed by atoms with van der Waals surface area (Å²) in [6.45, 7) is 3.48. The predicted octanol–water partition coefficient (Wildman–Crippen LogP) is 3.33. The third kappa shape index (κ3) is 3.75. The van der Waals surface area contributed by atoms with Crippen molar-refractivity contribution < 1.29 is 19.2 Å². The van der Waals surface area contributed by atoms with Crippen molar-refractivity contribution in [2.75, 3.05) is 11.9 Å². The van der Waals surface area contributed by atoms with Crippen molar-refractivity contribution in [2.24, 2.45) is 0 Å². The van der Waals surface area contributed by atoms with Gasteiger partial charge in [-0.1, -0.05) is 12.1 Å². The van der Waals surface area contributed by atoms with Gasteiger partial charge in [-0.15, -0.1) is 0 Å². The van der Waals surface area contributed by atoms with Gasteiger partial charge in [-0.25, -0.2) is 4.79 Å². The SMILES string of the molecule is CCOC(=O)c1ccccc1NC(=O)c1ccc([N+](=O)[O-])c(C)c1. The van der Waals surface area contributed by atoms with Gasteiger partial charge in [0, 0.05) is 17.2 Å². The number of rotatable bonds is 5. The van der Waals surface area contributed by atoms with Gasteiger partial charge >= 0.3 is 5.97 Å². The van der Waals surface area contributed by atoms with Gasteiger partial charge in [0.2, 0.25) is 0 Å². The summed E-state index contributed by atoms with van der Waals surface area (Å²) in [6.07, 6.45) is 0. The fraction of sp³-hybridized carbons (Fsp3) is 0.176. The molecule has 0 unspecified atom stereocenters. The molecule has 0 atom stereocenters. The summed E-state index contributed by atoms with van der Waals surface area (Å²) in [5.41, 5.74) is 1.14. The second-order valence-electron chi connectivity index (χ2n) is 4.98. The van der Waals surface area contributed by atoms with Gasteiger partial charge in [-0.2, -0.15) is 0 Å². The molecule has 0 fully saturated rings. The quantitative estimate of drug-likeness (QED) is 0.515. The molecule has 0 saturated carbocycles. The molecule has 0 heterocycles. The molecule has 124 valence electrons. The van der Waals surface area contributed by atoms with E-state index >= 15 is 0 Å². The number of aryl methyl sites for hydroxylation is 1. The molecule has 0 saturated heterocycles. The number of benzene rings is 2. The molecule has 2 aromatic rings. The fourth-order valence-electron chi connectivity index (χ4n) is 2.17. The van der Waals surface area contributed by atoms with E-state index in [1.165, 1.54) is 18.2 Å². The number of para-hydroxylation sites is 1. The first-order chi connectivity index (χ1) is 11.4. The zero-order valence-corrected chi connectivity index (χ0v) is 13.2. The minimum absolute atomic E-state index is 0.0570. The highest BCUT2D eigenvalue weighted by molar-refractivity contribution is 6.08. The van der Waals surface area contributed by atoms with Gasteiger partial charge in [-0.3, -0.25) is 14.9 Å². The number of nitro groups is 1. The largest absolute Gasteiger partial charge is 0.462 e. The van der Waals surface area contributed by atoms with Crippen LogP contribution < -0.4 is 5.32 Å². The molecule has 0 aliphatic heterocycles. The lowest BCUT2D eigenvalue weighted by molar-refractivity contribution is -0.385. The molecule has 7 heteroatoms. The molecule has 0 aromatic heterocycles. The van der Waals surface area contributed by atoms with Crippen LogP contribution in [0.5, 0.6) is 0 Å².